The highest BCUT2D eigenvalue weighted by Crippen LogP contribution is 2.48. The second kappa shape index (κ2) is 2.57. The minimum atomic E-state index is 0.341. The largest absolute Gasteiger partial charge is 0.295 e. The van der Waals surface area contributed by atoms with E-state index < -0.39 is 0 Å². The zero-order valence-electron chi connectivity index (χ0n) is 7.65. The van der Waals surface area contributed by atoms with E-state index in [-0.39, 0.29) is 0 Å². The maximum atomic E-state index is 11.7. The summed E-state index contributed by atoms with van der Waals surface area (Å²) in [7, 11) is 0. The van der Waals surface area contributed by atoms with Gasteiger partial charge in [0.05, 0.1) is 0 Å². The molecule has 4 atom stereocenters. The number of carbonyl (C=O) groups excluding carboxylic acids is 1. The molecule has 1 saturated carbocycles. The van der Waals surface area contributed by atoms with Crippen molar-refractivity contribution in [1.29, 1.82) is 0 Å². The van der Waals surface area contributed by atoms with E-state index in [0.29, 0.717) is 29.5 Å². The Kier molecular flexibility index (Phi) is 1.49. The summed E-state index contributed by atoms with van der Waals surface area (Å²) in [4.78, 5) is 11.7. The molecule has 0 heterocycles. The van der Waals surface area contributed by atoms with E-state index >= 15 is 0 Å². The Hall–Kier alpha value is -0.850. The lowest BCUT2D eigenvalue weighted by molar-refractivity contribution is -0.124. The van der Waals surface area contributed by atoms with Gasteiger partial charge in [0.25, 0.3) is 0 Å². The van der Waals surface area contributed by atoms with E-state index in [1.54, 1.807) is 6.08 Å². The average molecular weight is 174 g/mol. The highest BCUT2D eigenvalue weighted by atomic mass is 16.1. The van der Waals surface area contributed by atoms with Crippen molar-refractivity contribution in [3.8, 4) is 0 Å². The summed E-state index contributed by atoms with van der Waals surface area (Å²) in [6, 6.07) is 0. The lowest BCUT2D eigenvalue weighted by Crippen LogP contribution is -2.42. The maximum absolute atomic E-state index is 11.7. The van der Waals surface area contributed by atoms with Gasteiger partial charge in [0.2, 0.25) is 0 Å². The summed E-state index contributed by atoms with van der Waals surface area (Å²) in [5, 5.41) is 0. The van der Waals surface area contributed by atoms with Gasteiger partial charge in [-0.1, -0.05) is 18.2 Å². The molecule has 0 N–H and O–H groups in total. The van der Waals surface area contributed by atoms with Gasteiger partial charge < -0.3 is 0 Å². The molecule has 0 saturated heterocycles. The summed E-state index contributed by atoms with van der Waals surface area (Å²) in [5.74, 6) is 2.63. The normalized spacial score (nSPS) is 46.6. The van der Waals surface area contributed by atoms with E-state index in [2.05, 4.69) is 18.2 Å². The predicted octanol–water partition coefficient (Wildman–Crippen LogP) is 2.34. The van der Waals surface area contributed by atoms with Crippen molar-refractivity contribution in [2.75, 3.05) is 0 Å². The van der Waals surface area contributed by atoms with E-state index in [4.69, 9.17) is 0 Å². The van der Waals surface area contributed by atoms with Crippen molar-refractivity contribution >= 4 is 5.78 Å². The fourth-order valence-electron chi connectivity index (χ4n) is 3.30. The molecule has 0 aliphatic heterocycles. The number of carbonyl (C=O) groups is 1. The molecule has 0 aromatic carbocycles. The Morgan fingerprint density at radius 3 is 2.62 bits per heavy atom. The lowest BCUT2D eigenvalue weighted by Gasteiger charge is -2.45. The molecule has 4 aliphatic rings. The Balaban J connectivity index is 2.02. The quantitative estimate of drug-likeness (QED) is 0.515. The summed E-state index contributed by atoms with van der Waals surface area (Å²) >= 11 is 0. The monoisotopic (exact) mass is 174 g/mol. The number of hydrogen-bond acceptors (Lipinski definition) is 1. The van der Waals surface area contributed by atoms with Gasteiger partial charge in [-0.05, 0) is 43.1 Å². The first-order valence-corrected chi connectivity index (χ1v) is 5.25. The van der Waals surface area contributed by atoms with Crippen molar-refractivity contribution in [2.24, 2.45) is 23.7 Å². The van der Waals surface area contributed by atoms with E-state index in [0.717, 1.165) is 6.42 Å². The van der Waals surface area contributed by atoms with E-state index in [1.807, 2.05) is 0 Å². The van der Waals surface area contributed by atoms with Gasteiger partial charge in [0, 0.05) is 5.92 Å². The van der Waals surface area contributed by atoms with Crippen LogP contribution in [-0.2, 0) is 4.79 Å². The second-order valence-electron chi connectivity index (χ2n) is 4.52. The number of allylic oxidation sites excluding steroid dienone is 4. The van der Waals surface area contributed by atoms with E-state index in [1.165, 1.54) is 12.8 Å². The van der Waals surface area contributed by atoms with Gasteiger partial charge in [0.15, 0.2) is 5.78 Å². The standard InChI is InChI=1S/C12H14O/c13-11-3-1-2-10-8-4-6-9(7-5-8)12(10)11/h1,3-4,6,8-10,12H,2,5,7H2. The van der Waals surface area contributed by atoms with Crippen LogP contribution in [0.4, 0.5) is 0 Å². The SMILES string of the molecule is O=C1C=CCC2C3C=CC(CC3)C12. The first kappa shape index (κ1) is 7.54. The van der Waals surface area contributed by atoms with Gasteiger partial charge in [-0.25, -0.2) is 0 Å². The van der Waals surface area contributed by atoms with Crippen molar-refractivity contribution in [3.63, 3.8) is 0 Å². The first-order chi connectivity index (χ1) is 6.36. The van der Waals surface area contributed by atoms with Gasteiger partial charge in [-0.15, -0.1) is 0 Å². The van der Waals surface area contributed by atoms with Crippen LogP contribution in [0.2, 0.25) is 0 Å². The van der Waals surface area contributed by atoms with Crippen LogP contribution in [0.5, 0.6) is 0 Å². The summed E-state index contributed by atoms with van der Waals surface area (Å²) in [6.45, 7) is 0. The molecule has 2 bridgehead atoms. The smallest absolute Gasteiger partial charge is 0.159 e. The number of hydrogen-bond donors (Lipinski definition) is 0. The minimum Gasteiger partial charge on any atom is -0.295 e. The Morgan fingerprint density at radius 2 is 1.92 bits per heavy atom. The molecule has 1 nitrogen and oxygen atoms in total. The molecular formula is C12H14O. The van der Waals surface area contributed by atoms with Crippen LogP contribution >= 0.6 is 0 Å². The van der Waals surface area contributed by atoms with Gasteiger partial charge in [-0.2, -0.15) is 0 Å². The zero-order chi connectivity index (χ0) is 8.84. The maximum Gasteiger partial charge on any atom is 0.159 e. The van der Waals surface area contributed by atoms with Crippen molar-refractivity contribution in [2.45, 2.75) is 19.3 Å². The van der Waals surface area contributed by atoms with Crippen LogP contribution in [0.1, 0.15) is 19.3 Å². The topological polar surface area (TPSA) is 17.1 Å². The van der Waals surface area contributed by atoms with Crippen molar-refractivity contribution in [3.05, 3.63) is 24.3 Å². The predicted molar refractivity (Wildman–Crippen MR) is 51.1 cm³/mol. The molecule has 4 aliphatic carbocycles. The van der Waals surface area contributed by atoms with E-state index in [9.17, 15) is 4.79 Å². The van der Waals surface area contributed by atoms with Crippen molar-refractivity contribution < 1.29 is 4.79 Å². The van der Waals surface area contributed by atoms with Crippen LogP contribution in [0.3, 0.4) is 0 Å². The summed E-state index contributed by atoms with van der Waals surface area (Å²) < 4.78 is 0. The highest BCUT2D eigenvalue weighted by molar-refractivity contribution is 5.93. The number of fused-ring (bicyclic) bond motifs is 1. The summed E-state index contributed by atoms with van der Waals surface area (Å²) in [6.07, 6.45) is 12.2. The number of ketones is 1. The van der Waals surface area contributed by atoms with Crippen LogP contribution in [0.25, 0.3) is 0 Å². The molecule has 0 aromatic heterocycles. The fourth-order valence-corrected chi connectivity index (χ4v) is 3.30. The molecule has 4 unspecified atom stereocenters. The van der Waals surface area contributed by atoms with Crippen LogP contribution in [-0.4, -0.2) is 5.78 Å². The Bertz CT molecular complexity index is 300. The third-order valence-corrected chi connectivity index (χ3v) is 3.93. The second-order valence-corrected chi connectivity index (χ2v) is 4.52. The molecule has 0 aromatic rings. The van der Waals surface area contributed by atoms with Gasteiger partial charge in [-0.3, -0.25) is 4.79 Å². The molecule has 1 heteroatoms. The molecule has 13 heavy (non-hydrogen) atoms. The average Bonchev–Trinajstić information content (AvgIpc) is 2.20. The Morgan fingerprint density at radius 1 is 1.15 bits per heavy atom. The molecule has 0 spiro atoms. The molecule has 1 fully saturated rings. The molecule has 0 amide bonds. The third kappa shape index (κ3) is 0.962. The van der Waals surface area contributed by atoms with Crippen LogP contribution < -0.4 is 0 Å². The highest BCUT2D eigenvalue weighted by Gasteiger charge is 2.43. The van der Waals surface area contributed by atoms with Gasteiger partial charge >= 0.3 is 0 Å². The van der Waals surface area contributed by atoms with Gasteiger partial charge in [0.1, 0.15) is 0 Å². The molecular weight excluding hydrogens is 160 g/mol. The van der Waals surface area contributed by atoms with Crippen molar-refractivity contribution in [1.82, 2.24) is 0 Å². The molecule has 0 radical (unpaired) electrons. The molecule has 4 rings (SSSR count). The zero-order valence-corrected chi connectivity index (χ0v) is 7.65. The van der Waals surface area contributed by atoms with Crippen LogP contribution in [0, 0.1) is 23.7 Å². The molecule has 68 valence electrons. The summed E-state index contributed by atoms with van der Waals surface area (Å²) in [5.41, 5.74) is 0. The number of rotatable bonds is 0. The Labute approximate surface area is 78.5 Å². The minimum absolute atomic E-state index is 0.341. The first-order valence-electron chi connectivity index (χ1n) is 5.25. The third-order valence-electron chi connectivity index (χ3n) is 3.93. The van der Waals surface area contributed by atoms with Crippen LogP contribution in [0.15, 0.2) is 24.3 Å². The lowest BCUT2D eigenvalue weighted by atomic mass is 9.59. The fraction of sp³-hybridized carbons (Fsp3) is 0.583.